The van der Waals surface area contributed by atoms with Crippen LogP contribution >= 0.6 is 0 Å². The zero-order valence-corrected chi connectivity index (χ0v) is 15.4. The molecular weight excluding hydrogens is 328 g/mol. The van der Waals surface area contributed by atoms with Gasteiger partial charge in [0.15, 0.2) is 0 Å². The van der Waals surface area contributed by atoms with E-state index in [1.807, 2.05) is 37.3 Å². The molecule has 0 aromatic heterocycles. The summed E-state index contributed by atoms with van der Waals surface area (Å²) in [7, 11) is 0. The molecule has 0 saturated heterocycles. The third-order valence-corrected chi connectivity index (χ3v) is 4.61. The number of hydrogen-bond donors (Lipinski definition) is 0. The first-order valence-corrected chi connectivity index (χ1v) is 9.25. The van der Waals surface area contributed by atoms with E-state index < -0.39 is 0 Å². The fraction of sp³-hybridized carbons (Fsp3) is 0.0769. The Balaban J connectivity index is 1.68. The summed E-state index contributed by atoms with van der Waals surface area (Å²) in [4.78, 5) is 0. The molecule has 4 aromatic rings. The minimum atomic E-state index is 0.678. The van der Waals surface area contributed by atoms with Crippen LogP contribution in [0.5, 0.6) is 5.75 Å². The standard InChI is InChI=1S/C26H21O/c1-2-27-24-18-16-23(17-19-24)26-11-7-6-10-25(26)22-14-12-21(13-15-22)20-8-4-3-5-9-20/h3-9,11-19H,2H2,1H3. The first-order valence-electron chi connectivity index (χ1n) is 9.25. The summed E-state index contributed by atoms with van der Waals surface area (Å²) < 4.78 is 5.56. The highest BCUT2D eigenvalue weighted by Crippen LogP contribution is 2.33. The van der Waals surface area contributed by atoms with Crippen molar-refractivity contribution in [2.75, 3.05) is 6.61 Å². The largest absolute Gasteiger partial charge is 0.494 e. The lowest BCUT2D eigenvalue weighted by Gasteiger charge is -2.11. The highest BCUT2D eigenvalue weighted by Gasteiger charge is 2.08. The zero-order chi connectivity index (χ0) is 18.5. The lowest BCUT2D eigenvalue weighted by atomic mass is 9.93. The van der Waals surface area contributed by atoms with E-state index >= 15 is 0 Å². The van der Waals surface area contributed by atoms with Crippen molar-refractivity contribution in [3.63, 3.8) is 0 Å². The van der Waals surface area contributed by atoms with E-state index in [2.05, 4.69) is 72.8 Å². The second-order valence-electron chi connectivity index (χ2n) is 6.36. The fourth-order valence-corrected chi connectivity index (χ4v) is 3.27. The van der Waals surface area contributed by atoms with Gasteiger partial charge in [0.1, 0.15) is 5.75 Å². The summed E-state index contributed by atoms with van der Waals surface area (Å²) >= 11 is 0. The number of ether oxygens (including phenoxy) is 1. The molecule has 0 heterocycles. The first kappa shape index (κ1) is 17.1. The van der Waals surface area contributed by atoms with Crippen LogP contribution in [0.25, 0.3) is 33.4 Å². The molecule has 1 radical (unpaired) electrons. The van der Waals surface area contributed by atoms with Crippen molar-refractivity contribution >= 4 is 0 Å². The predicted octanol–water partition coefficient (Wildman–Crippen LogP) is 6.89. The number of benzene rings is 4. The van der Waals surface area contributed by atoms with Gasteiger partial charge in [0.25, 0.3) is 0 Å². The van der Waals surface area contributed by atoms with Gasteiger partial charge in [-0.25, -0.2) is 0 Å². The quantitative estimate of drug-likeness (QED) is 0.381. The Bertz CT molecular complexity index is 1000. The van der Waals surface area contributed by atoms with Crippen LogP contribution in [0.15, 0.2) is 97.1 Å². The van der Waals surface area contributed by atoms with E-state index in [1.54, 1.807) is 0 Å². The molecule has 0 aliphatic carbocycles. The van der Waals surface area contributed by atoms with Crippen LogP contribution < -0.4 is 4.74 Å². The normalized spacial score (nSPS) is 10.6. The van der Waals surface area contributed by atoms with Crippen LogP contribution in [0.4, 0.5) is 0 Å². The molecular formula is C26H21O. The Labute approximate surface area is 160 Å². The van der Waals surface area contributed by atoms with Crippen LogP contribution in [0.2, 0.25) is 0 Å². The Morgan fingerprint density at radius 3 is 1.96 bits per heavy atom. The maximum atomic E-state index is 5.56. The van der Waals surface area contributed by atoms with Crippen molar-refractivity contribution in [1.82, 2.24) is 0 Å². The molecule has 0 saturated carbocycles. The molecule has 4 rings (SSSR count). The van der Waals surface area contributed by atoms with Crippen molar-refractivity contribution in [2.24, 2.45) is 0 Å². The molecule has 0 aliphatic heterocycles. The minimum Gasteiger partial charge on any atom is -0.494 e. The molecule has 1 nitrogen and oxygen atoms in total. The van der Waals surface area contributed by atoms with Gasteiger partial charge in [0.2, 0.25) is 0 Å². The van der Waals surface area contributed by atoms with Gasteiger partial charge in [-0.1, -0.05) is 84.9 Å². The van der Waals surface area contributed by atoms with Crippen molar-refractivity contribution in [3.8, 4) is 39.1 Å². The molecule has 4 aromatic carbocycles. The van der Waals surface area contributed by atoms with Crippen LogP contribution in [0.3, 0.4) is 0 Å². The number of rotatable bonds is 5. The van der Waals surface area contributed by atoms with Gasteiger partial charge in [-0.2, -0.15) is 0 Å². The third-order valence-electron chi connectivity index (χ3n) is 4.61. The van der Waals surface area contributed by atoms with E-state index in [1.165, 1.54) is 22.3 Å². The molecule has 0 aliphatic rings. The lowest BCUT2D eigenvalue weighted by molar-refractivity contribution is 0.340. The summed E-state index contributed by atoms with van der Waals surface area (Å²) in [6.07, 6.45) is 0. The van der Waals surface area contributed by atoms with Gasteiger partial charge in [-0.15, -0.1) is 0 Å². The molecule has 27 heavy (non-hydrogen) atoms. The van der Waals surface area contributed by atoms with Crippen molar-refractivity contribution in [2.45, 2.75) is 6.92 Å². The topological polar surface area (TPSA) is 9.23 Å². The second kappa shape index (κ2) is 7.92. The molecule has 131 valence electrons. The zero-order valence-electron chi connectivity index (χ0n) is 15.4. The summed E-state index contributed by atoms with van der Waals surface area (Å²) in [6.45, 7) is 2.68. The number of hydrogen-bond acceptors (Lipinski definition) is 1. The van der Waals surface area contributed by atoms with Crippen molar-refractivity contribution in [3.05, 3.63) is 103 Å². The van der Waals surface area contributed by atoms with Gasteiger partial charge in [-0.3, -0.25) is 0 Å². The average molecular weight is 349 g/mol. The molecule has 0 fully saturated rings. The van der Waals surface area contributed by atoms with Crippen LogP contribution in [-0.4, -0.2) is 6.61 Å². The molecule has 1 heteroatoms. The molecule has 0 bridgehead atoms. The summed E-state index contributed by atoms with van der Waals surface area (Å²) in [5.74, 6) is 0.898. The highest BCUT2D eigenvalue weighted by atomic mass is 16.5. The Morgan fingerprint density at radius 2 is 1.26 bits per heavy atom. The molecule has 0 unspecified atom stereocenters. The van der Waals surface area contributed by atoms with E-state index in [4.69, 9.17) is 4.74 Å². The molecule has 0 amide bonds. The van der Waals surface area contributed by atoms with E-state index in [0.29, 0.717) is 6.61 Å². The van der Waals surface area contributed by atoms with Crippen LogP contribution in [0.1, 0.15) is 6.92 Å². The van der Waals surface area contributed by atoms with Crippen molar-refractivity contribution < 1.29 is 4.74 Å². The highest BCUT2D eigenvalue weighted by molar-refractivity contribution is 5.84. The summed E-state index contributed by atoms with van der Waals surface area (Å²) in [6, 6.07) is 37.0. The van der Waals surface area contributed by atoms with Gasteiger partial charge in [0, 0.05) is 0 Å². The van der Waals surface area contributed by atoms with Crippen LogP contribution in [-0.2, 0) is 0 Å². The minimum absolute atomic E-state index is 0.678. The maximum Gasteiger partial charge on any atom is 0.119 e. The van der Waals surface area contributed by atoms with Gasteiger partial charge >= 0.3 is 0 Å². The smallest absolute Gasteiger partial charge is 0.119 e. The van der Waals surface area contributed by atoms with Gasteiger partial charge in [-0.05, 0) is 58.5 Å². The SMILES string of the molecule is CCOc1ccc(-c2ccc[c]c2-c2ccc(-c3ccccc3)cc2)cc1. The molecule has 0 spiro atoms. The lowest BCUT2D eigenvalue weighted by Crippen LogP contribution is -1.91. The maximum absolute atomic E-state index is 5.56. The summed E-state index contributed by atoms with van der Waals surface area (Å²) in [5.41, 5.74) is 7.07. The second-order valence-corrected chi connectivity index (χ2v) is 6.36. The predicted molar refractivity (Wildman–Crippen MR) is 113 cm³/mol. The Kier molecular flexibility index (Phi) is 5.02. The van der Waals surface area contributed by atoms with Gasteiger partial charge < -0.3 is 4.74 Å². The van der Waals surface area contributed by atoms with E-state index in [9.17, 15) is 0 Å². The Hall–Kier alpha value is -3.32. The van der Waals surface area contributed by atoms with E-state index in [0.717, 1.165) is 16.9 Å². The first-order chi connectivity index (χ1) is 13.3. The third kappa shape index (κ3) is 3.78. The molecule has 0 N–H and O–H groups in total. The average Bonchev–Trinajstić information content (AvgIpc) is 2.75. The van der Waals surface area contributed by atoms with E-state index in [-0.39, 0.29) is 0 Å². The van der Waals surface area contributed by atoms with Gasteiger partial charge in [0.05, 0.1) is 6.61 Å². The Morgan fingerprint density at radius 1 is 0.630 bits per heavy atom. The fourth-order valence-electron chi connectivity index (χ4n) is 3.27. The van der Waals surface area contributed by atoms with Crippen LogP contribution in [0, 0.1) is 6.07 Å². The van der Waals surface area contributed by atoms with Crippen molar-refractivity contribution in [1.29, 1.82) is 0 Å². The summed E-state index contributed by atoms with van der Waals surface area (Å²) in [5, 5.41) is 0. The molecule has 0 atom stereocenters. The monoisotopic (exact) mass is 349 g/mol.